The number of esters is 1. The van der Waals surface area contributed by atoms with Gasteiger partial charge in [-0.15, -0.1) is 0 Å². The molecule has 0 amide bonds. The molecule has 0 aromatic rings. The van der Waals surface area contributed by atoms with Crippen LogP contribution in [-0.2, 0) is 9.53 Å². The molecule has 0 saturated carbocycles. The summed E-state index contributed by atoms with van der Waals surface area (Å²) in [5, 5.41) is 0. The summed E-state index contributed by atoms with van der Waals surface area (Å²) < 4.78 is 6.00. The molecule has 0 N–H and O–H groups in total. The Morgan fingerprint density at radius 2 is 2.18 bits per heavy atom. The van der Waals surface area contributed by atoms with E-state index in [0.29, 0.717) is 22.0 Å². The van der Waals surface area contributed by atoms with E-state index >= 15 is 0 Å². The van der Waals surface area contributed by atoms with Crippen molar-refractivity contribution in [2.75, 3.05) is 7.11 Å². The van der Waals surface area contributed by atoms with E-state index in [1.807, 2.05) is 0 Å². The van der Waals surface area contributed by atoms with Crippen LogP contribution in [0, 0.1) is 0 Å². The van der Waals surface area contributed by atoms with Crippen LogP contribution in [0.25, 0.3) is 0 Å². The Labute approximate surface area is 90.9 Å². The third-order valence-electron chi connectivity index (χ3n) is 1.46. The minimum atomic E-state index is -0.0627. The number of methoxy groups -OCH3 is 1. The molecule has 2 nitrogen and oxygen atoms in total. The van der Waals surface area contributed by atoms with Gasteiger partial charge in [0.25, 0.3) is 0 Å². The van der Waals surface area contributed by atoms with Crippen LogP contribution in [0.4, 0.5) is 0 Å². The molecule has 0 spiro atoms. The number of hydrogen-bond acceptors (Lipinski definition) is 2. The van der Waals surface area contributed by atoms with Gasteiger partial charge in [0, 0.05) is 0 Å². The Morgan fingerprint density at radius 1 is 1.45 bits per heavy atom. The first-order valence-corrected chi connectivity index (χ1v) is 13.3. The summed E-state index contributed by atoms with van der Waals surface area (Å²) in [7, 11) is 1.45. The summed E-state index contributed by atoms with van der Waals surface area (Å²) in [5.41, 5.74) is 0. The van der Waals surface area contributed by atoms with Crippen LogP contribution in [0.2, 0.25) is 4.47 Å². The summed E-state index contributed by atoms with van der Waals surface area (Å²) >= 11 is 1.89. The Bertz CT molecular complexity index is 109. The van der Waals surface area contributed by atoms with E-state index in [4.69, 9.17) is 0 Å². The van der Waals surface area contributed by atoms with Gasteiger partial charge in [-0.3, -0.25) is 0 Å². The van der Waals surface area contributed by atoms with E-state index in [1.54, 1.807) is 0 Å². The zero-order valence-electron chi connectivity index (χ0n) is 7.26. The molecule has 0 aromatic heterocycles. The minimum absolute atomic E-state index is 0.0627. The standard InChI is InChI=1S/C7H14O2Te.Na/c1-9-7(8)5-3-2-4-6-10;/h10H,2-6H2,1H3;/q;+1/p-1. The molecule has 0 bridgehead atoms. The van der Waals surface area contributed by atoms with Crippen LogP contribution in [0.5, 0.6) is 0 Å². The zero-order valence-corrected chi connectivity index (χ0v) is 11.6. The van der Waals surface area contributed by atoms with E-state index in [1.165, 1.54) is 47.9 Å². The van der Waals surface area contributed by atoms with Crippen LogP contribution in [0.3, 0.4) is 0 Å². The molecule has 0 atom stereocenters. The molecular weight excluding hydrogens is 267 g/mol. The van der Waals surface area contributed by atoms with Crippen molar-refractivity contribution >= 4 is 45.0 Å². The molecule has 11 heavy (non-hydrogen) atoms. The van der Waals surface area contributed by atoms with Crippen molar-refractivity contribution < 1.29 is 9.53 Å². The van der Waals surface area contributed by atoms with Gasteiger partial charge in [0.1, 0.15) is 0 Å². The number of ether oxygens (including phenoxy) is 1. The molecule has 0 aromatic carbocycles. The van der Waals surface area contributed by atoms with Crippen LogP contribution < -0.4 is 0 Å². The van der Waals surface area contributed by atoms with Crippen molar-refractivity contribution in [2.24, 2.45) is 0 Å². The van der Waals surface area contributed by atoms with Crippen LogP contribution in [0.15, 0.2) is 0 Å². The van der Waals surface area contributed by atoms with Gasteiger partial charge in [-0.25, -0.2) is 0 Å². The number of carbonyl (C=O) groups excluding carboxylic acids is 1. The average Bonchev–Trinajstić information content (AvgIpc) is 2.04. The maximum atomic E-state index is 10.6. The van der Waals surface area contributed by atoms with E-state index in [9.17, 15) is 4.79 Å². The topological polar surface area (TPSA) is 26.3 Å². The molecule has 4 heteroatoms. The van der Waals surface area contributed by atoms with E-state index in [0.717, 1.165) is 6.42 Å². The first-order chi connectivity index (χ1) is 5.31. The summed E-state index contributed by atoms with van der Waals surface area (Å²) in [6, 6.07) is 0. The summed E-state index contributed by atoms with van der Waals surface area (Å²) in [6.07, 6.45) is 4.17. The second-order valence-corrected chi connectivity index (χ2v) is 9.07. The first-order valence-electron chi connectivity index (χ1n) is 3.87. The van der Waals surface area contributed by atoms with Crippen molar-refractivity contribution in [3.05, 3.63) is 0 Å². The molecular formula is C7H13NaO2Te. The molecule has 0 aliphatic heterocycles. The van der Waals surface area contributed by atoms with Gasteiger partial charge in [0.05, 0.1) is 0 Å². The second-order valence-electron chi connectivity index (χ2n) is 2.38. The van der Waals surface area contributed by atoms with Gasteiger partial charge in [0.15, 0.2) is 0 Å². The summed E-state index contributed by atoms with van der Waals surface area (Å²) in [4.78, 5) is 10.6. The van der Waals surface area contributed by atoms with Gasteiger partial charge in [-0.05, 0) is 0 Å². The van der Waals surface area contributed by atoms with Crippen molar-refractivity contribution in [2.45, 2.75) is 30.2 Å². The van der Waals surface area contributed by atoms with Gasteiger partial charge < -0.3 is 0 Å². The zero-order chi connectivity index (χ0) is 8.53. The third-order valence-corrected chi connectivity index (χ3v) is 6.18. The predicted molar refractivity (Wildman–Crippen MR) is 46.8 cm³/mol. The maximum absolute atomic E-state index is 10.6. The van der Waals surface area contributed by atoms with Crippen molar-refractivity contribution in [1.29, 1.82) is 0 Å². The molecule has 0 fully saturated rings. The fraction of sp³-hybridized carbons (Fsp3) is 0.857. The quantitative estimate of drug-likeness (QED) is 0.411. The number of carbonyl (C=O) groups is 1. The van der Waals surface area contributed by atoms with Gasteiger partial charge in [0.2, 0.25) is 0 Å². The van der Waals surface area contributed by atoms with Crippen LogP contribution in [-0.4, -0.2) is 52.1 Å². The van der Waals surface area contributed by atoms with E-state index < -0.39 is 0 Å². The third kappa shape index (κ3) is 9.17. The summed E-state index contributed by atoms with van der Waals surface area (Å²) in [6.45, 7) is 0. The molecule has 0 rings (SSSR count). The fourth-order valence-electron chi connectivity index (χ4n) is 0.795. The molecule has 0 saturated heterocycles. The SMILES string of the molecule is COC(=O)CCCCC[Te][Na]. The van der Waals surface area contributed by atoms with Crippen molar-refractivity contribution in [3.63, 3.8) is 0 Å². The Balaban J connectivity index is 2.95. The number of unbranched alkanes of at least 4 members (excludes halogenated alkanes) is 2. The first kappa shape index (κ1) is 12.3. The molecule has 0 heterocycles. The monoisotopic (exact) mass is 282 g/mol. The van der Waals surface area contributed by atoms with E-state index in [2.05, 4.69) is 4.74 Å². The molecule has 0 unspecified atom stereocenters. The van der Waals surface area contributed by atoms with Crippen molar-refractivity contribution in [3.8, 4) is 0 Å². The van der Waals surface area contributed by atoms with Crippen LogP contribution in [0.1, 0.15) is 25.7 Å². The summed E-state index contributed by atoms with van der Waals surface area (Å²) in [5.74, 6) is -0.0627. The second kappa shape index (κ2) is 9.35. The normalized spacial score (nSPS) is 9.73. The number of hydrogen-bond donors (Lipinski definition) is 0. The van der Waals surface area contributed by atoms with Crippen molar-refractivity contribution in [1.82, 2.24) is 0 Å². The van der Waals surface area contributed by atoms with Crippen LogP contribution >= 0.6 is 0 Å². The number of rotatable bonds is 6. The molecule has 0 aliphatic rings. The van der Waals surface area contributed by atoms with Gasteiger partial charge >= 0.3 is 91.8 Å². The fourth-order valence-corrected chi connectivity index (χ4v) is 4.14. The van der Waals surface area contributed by atoms with E-state index in [-0.39, 0.29) is 5.97 Å². The average molecular weight is 280 g/mol. The Hall–Kier alpha value is 1.26. The molecule has 0 aliphatic carbocycles. The molecule has 60 valence electrons. The predicted octanol–water partition coefficient (Wildman–Crippen LogP) is 0.926. The molecule has 0 radical (unpaired) electrons. The van der Waals surface area contributed by atoms with Gasteiger partial charge in [-0.2, -0.15) is 0 Å². The Morgan fingerprint density at radius 3 is 2.73 bits per heavy atom. The van der Waals surface area contributed by atoms with Gasteiger partial charge in [-0.1, -0.05) is 0 Å². The Kier molecular flexibility index (Phi) is 10.4.